The van der Waals surface area contributed by atoms with Crippen LogP contribution in [-0.4, -0.2) is 5.91 Å². The molecule has 0 radical (unpaired) electrons. The second-order valence-electron chi connectivity index (χ2n) is 4.11. The van der Waals surface area contributed by atoms with E-state index < -0.39 is 0 Å². The third kappa shape index (κ3) is 2.64. The molecule has 1 heterocycles. The maximum atomic E-state index is 12.3. The number of benzene rings is 2. The molecular formula is C15H10INOS. The van der Waals surface area contributed by atoms with E-state index in [0.717, 1.165) is 24.9 Å². The molecule has 1 aromatic heterocycles. The summed E-state index contributed by atoms with van der Waals surface area (Å²) in [4.78, 5) is 12.3. The van der Waals surface area contributed by atoms with Gasteiger partial charge >= 0.3 is 0 Å². The summed E-state index contributed by atoms with van der Waals surface area (Å²) in [7, 11) is 0. The monoisotopic (exact) mass is 379 g/mol. The predicted octanol–water partition coefficient (Wildman–Crippen LogP) is 4.76. The first-order valence-electron chi connectivity index (χ1n) is 5.77. The van der Waals surface area contributed by atoms with E-state index in [1.54, 1.807) is 11.3 Å². The van der Waals surface area contributed by atoms with E-state index in [4.69, 9.17) is 0 Å². The van der Waals surface area contributed by atoms with Crippen LogP contribution in [0.3, 0.4) is 0 Å². The number of halogens is 1. The van der Waals surface area contributed by atoms with Gasteiger partial charge in [0.2, 0.25) is 0 Å². The van der Waals surface area contributed by atoms with Crippen LogP contribution >= 0.6 is 33.9 Å². The van der Waals surface area contributed by atoms with Gasteiger partial charge in [-0.15, -0.1) is 11.3 Å². The van der Waals surface area contributed by atoms with Gasteiger partial charge in [0.05, 0.1) is 5.56 Å². The van der Waals surface area contributed by atoms with Gasteiger partial charge in [-0.25, -0.2) is 0 Å². The summed E-state index contributed by atoms with van der Waals surface area (Å²) in [6, 6.07) is 15.7. The molecule has 0 spiro atoms. The van der Waals surface area contributed by atoms with E-state index in [-0.39, 0.29) is 5.91 Å². The first-order valence-corrected chi connectivity index (χ1v) is 7.73. The molecule has 0 saturated carbocycles. The van der Waals surface area contributed by atoms with E-state index in [1.165, 1.54) is 0 Å². The molecule has 19 heavy (non-hydrogen) atoms. The van der Waals surface area contributed by atoms with Crippen molar-refractivity contribution in [1.82, 2.24) is 0 Å². The first-order chi connectivity index (χ1) is 9.24. The van der Waals surface area contributed by atoms with Crippen molar-refractivity contribution in [3.63, 3.8) is 0 Å². The van der Waals surface area contributed by atoms with E-state index in [2.05, 4.69) is 27.9 Å². The molecule has 1 N–H and O–H groups in total. The van der Waals surface area contributed by atoms with Crippen molar-refractivity contribution in [3.8, 4) is 0 Å². The third-order valence-electron chi connectivity index (χ3n) is 2.83. The second-order valence-corrected chi connectivity index (χ2v) is 6.26. The SMILES string of the molecule is O=C(Nc1ccc(I)cc1)c1csc2ccccc12. The van der Waals surface area contributed by atoms with Crippen LogP contribution < -0.4 is 5.32 Å². The molecule has 1 amide bonds. The lowest BCUT2D eigenvalue weighted by molar-refractivity contribution is 0.102. The molecule has 0 aliphatic carbocycles. The minimum atomic E-state index is -0.0568. The Labute approximate surface area is 128 Å². The molecule has 94 valence electrons. The molecule has 2 nitrogen and oxygen atoms in total. The normalized spacial score (nSPS) is 10.6. The molecule has 0 bridgehead atoms. The summed E-state index contributed by atoms with van der Waals surface area (Å²) in [5.74, 6) is -0.0568. The molecule has 0 fully saturated rings. The summed E-state index contributed by atoms with van der Waals surface area (Å²) in [6.45, 7) is 0. The Morgan fingerprint density at radius 1 is 1.05 bits per heavy atom. The van der Waals surface area contributed by atoms with Crippen molar-refractivity contribution in [2.45, 2.75) is 0 Å². The lowest BCUT2D eigenvalue weighted by atomic mass is 10.1. The number of anilines is 1. The number of carbonyl (C=O) groups excluding carboxylic acids is 1. The van der Waals surface area contributed by atoms with Gasteiger partial charge in [0.1, 0.15) is 0 Å². The highest BCUT2D eigenvalue weighted by molar-refractivity contribution is 14.1. The van der Waals surface area contributed by atoms with Crippen molar-refractivity contribution >= 4 is 55.6 Å². The maximum Gasteiger partial charge on any atom is 0.257 e. The lowest BCUT2D eigenvalue weighted by Crippen LogP contribution is -2.11. The van der Waals surface area contributed by atoms with Crippen molar-refractivity contribution in [1.29, 1.82) is 0 Å². The van der Waals surface area contributed by atoms with E-state index in [9.17, 15) is 4.79 Å². The van der Waals surface area contributed by atoms with E-state index in [0.29, 0.717) is 0 Å². The first kappa shape index (κ1) is 12.6. The zero-order valence-electron chi connectivity index (χ0n) is 9.89. The molecule has 3 aromatic rings. The van der Waals surface area contributed by atoms with Crippen molar-refractivity contribution < 1.29 is 4.79 Å². The number of rotatable bonds is 2. The standard InChI is InChI=1S/C15H10INOS/c16-10-5-7-11(8-6-10)17-15(18)13-9-19-14-4-2-1-3-12(13)14/h1-9H,(H,17,18). The molecule has 4 heteroatoms. The van der Waals surface area contributed by atoms with Crippen LogP contribution in [0.5, 0.6) is 0 Å². The molecule has 0 unspecified atom stereocenters. The number of amides is 1. The second kappa shape index (κ2) is 5.30. The van der Waals surface area contributed by atoms with Crippen LogP contribution in [0.25, 0.3) is 10.1 Å². The molecule has 3 rings (SSSR count). The Hall–Kier alpha value is -1.40. The van der Waals surface area contributed by atoms with E-state index >= 15 is 0 Å². The van der Waals surface area contributed by atoms with Crippen LogP contribution in [0, 0.1) is 3.57 Å². The van der Waals surface area contributed by atoms with Gasteiger partial charge in [-0.3, -0.25) is 4.79 Å². The van der Waals surface area contributed by atoms with Gasteiger partial charge < -0.3 is 5.32 Å². The summed E-state index contributed by atoms with van der Waals surface area (Å²) in [5.41, 5.74) is 1.56. The van der Waals surface area contributed by atoms with Crippen LogP contribution in [0.15, 0.2) is 53.9 Å². The molecule has 2 aromatic carbocycles. The summed E-state index contributed by atoms with van der Waals surface area (Å²) in [5, 5.41) is 5.85. The minimum absolute atomic E-state index is 0.0568. The fourth-order valence-corrected chi connectivity index (χ4v) is 3.19. The molecular weight excluding hydrogens is 369 g/mol. The smallest absolute Gasteiger partial charge is 0.257 e. The highest BCUT2D eigenvalue weighted by Gasteiger charge is 2.11. The summed E-state index contributed by atoms with van der Waals surface area (Å²) >= 11 is 3.83. The molecule has 0 saturated heterocycles. The number of hydrogen-bond donors (Lipinski definition) is 1. The van der Waals surface area contributed by atoms with Crippen LogP contribution in [0.1, 0.15) is 10.4 Å². The fourth-order valence-electron chi connectivity index (χ4n) is 1.89. The highest BCUT2D eigenvalue weighted by atomic mass is 127. The fraction of sp³-hybridized carbons (Fsp3) is 0. The van der Waals surface area contributed by atoms with Gasteiger partial charge in [0.15, 0.2) is 0 Å². The molecule has 0 aliphatic rings. The summed E-state index contributed by atoms with van der Waals surface area (Å²) in [6.07, 6.45) is 0. The minimum Gasteiger partial charge on any atom is -0.322 e. The van der Waals surface area contributed by atoms with E-state index in [1.807, 2.05) is 53.9 Å². The van der Waals surface area contributed by atoms with Crippen molar-refractivity contribution in [3.05, 3.63) is 63.0 Å². The third-order valence-corrected chi connectivity index (χ3v) is 4.51. The Bertz CT molecular complexity index is 733. The van der Waals surface area contributed by atoms with Gasteiger partial charge in [-0.1, -0.05) is 18.2 Å². The summed E-state index contributed by atoms with van der Waals surface area (Å²) < 4.78 is 2.28. The Kier molecular flexibility index (Phi) is 3.52. The van der Waals surface area contributed by atoms with Crippen molar-refractivity contribution in [2.75, 3.05) is 5.32 Å². The van der Waals surface area contributed by atoms with Crippen molar-refractivity contribution in [2.24, 2.45) is 0 Å². The molecule has 0 aliphatic heterocycles. The average molecular weight is 379 g/mol. The van der Waals surface area contributed by atoms with Crippen LogP contribution in [0.4, 0.5) is 5.69 Å². The number of hydrogen-bond acceptors (Lipinski definition) is 2. The predicted molar refractivity (Wildman–Crippen MR) is 88.9 cm³/mol. The average Bonchev–Trinajstić information content (AvgIpc) is 2.85. The highest BCUT2D eigenvalue weighted by Crippen LogP contribution is 2.26. The zero-order chi connectivity index (χ0) is 13.2. The number of nitrogens with one attached hydrogen (secondary N) is 1. The lowest BCUT2D eigenvalue weighted by Gasteiger charge is -2.04. The number of thiophene rings is 1. The van der Waals surface area contributed by atoms with Crippen LogP contribution in [0.2, 0.25) is 0 Å². The zero-order valence-corrected chi connectivity index (χ0v) is 12.9. The van der Waals surface area contributed by atoms with Crippen LogP contribution in [-0.2, 0) is 0 Å². The number of carbonyl (C=O) groups is 1. The van der Waals surface area contributed by atoms with Gasteiger partial charge in [-0.2, -0.15) is 0 Å². The topological polar surface area (TPSA) is 29.1 Å². The van der Waals surface area contributed by atoms with Gasteiger partial charge in [0, 0.05) is 24.7 Å². The Morgan fingerprint density at radius 3 is 2.58 bits per heavy atom. The Balaban J connectivity index is 1.90. The number of fused-ring (bicyclic) bond motifs is 1. The maximum absolute atomic E-state index is 12.3. The van der Waals surface area contributed by atoms with Gasteiger partial charge in [0.25, 0.3) is 5.91 Å². The Morgan fingerprint density at radius 2 is 1.79 bits per heavy atom. The molecule has 0 atom stereocenters. The quantitative estimate of drug-likeness (QED) is 0.640. The van der Waals surface area contributed by atoms with Gasteiger partial charge in [-0.05, 0) is 52.9 Å². The largest absolute Gasteiger partial charge is 0.322 e.